The number of sulfonamides is 1. The maximum absolute atomic E-state index is 14.0. The summed E-state index contributed by atoms with van der Waals surface area (Å²) in [5, 5.41) is 2.14. The van der Waals surface area contributed by atoms with Crippen LogP contribution in [0.5, 0.6) is 0 Å². The van der Waals surface area contributed by atoms with Crippen LogP contribution in [-0.4, -0.2) is 110 Å². The van der Waals surface area contributed by atoms with E-state index in [9.17, 15) is 49.5 Å². The minimum Gasteiger partial charge on any atom is -0.344 e. The number of halogens is 5. The van der Waals surface area contributed by atoms with Crippen molar-refractivity contribution in [2.75, 3.05) is 52.4 Å². The molecule has 3 N–H and O–H groups in total. The van der Waals surface area contributed by atoms with E-state index >= 15 is 0 Å². The van der Waals surface area contributed by atoms with Gasteiger partial charge in [0.15, 0.2) is 5.83 Å². The molecule has 4 amide bonds. The Labute approximate surface area is 237 Å². The molecule has 0 radical (unpaired) electrons. The first-order valence-electron chi connectivity index (χ1n) is 12.6. The standard InChI is InChI=1S/C24H29F5N6O6S/c1-16(25)23(26,27)24(28,29)42(40,41)35-11-9-34(10-12-35)22(39)20(37)32-15-18-4-2-3-17(13-18)14-31-19(36)21(38)33-7-5-30-6-8-33/h2-4,13,30H,1,5-12,14-15H2,(H,31,36)(H,32,37). The first-order chi connectivity index (χ1) is 19.6. The van der Waals surface area contributed by atoms with Gasteiger partial charge in [0.25, 0.3) is 10.0 Å². The van der Waals surface area contributed by atoms with Crippen molar-refractivity contribution in [3.8, 4) is 0 Å². The topological polar surface area (TPSA) is 148 Å². The van der Waals surface area contributed by atoms with Crippen LogP contribution in [0.25, 0.3) is 0 Å². The summed E-state index contributed by atoms with van der Waals surface area (Å²) in [6.07, 6.45) is 0. The molecule has 0 bridgehead atoms. The zero-order chi connectivity index (χ0) is 31.3. The lowest BCUT2D eigenvalue weighted by molar-refractivity contribution is -0.147. The maximum Gasteiger partial charge on any atom is 0.427 e. The van der Waals surface area contributed by atoms with E-state index in [0.717, 1.165) is 4.90 Å². The molecule has 0 aliphatic carbocycles. The fourth-order valence-corrected chi connectivity index (χ4v) is 5.54. The van der Waals surface area contributed by atoms with E-state index in [1.807, 2.05) is 0 Å². The van der Waals surface area contributed by atoms with Crippen molar-refractivity contribution in [1.29, 1.82) is 0 Å². The van der Waals surface area contributed by atoms with Crippen molar-refractivity contribution < 1.29 is 49.5 Å². The van der Waals surface area contributed by atoms with E-state index in [1.165, 1.54) is 4.90 Å². The molecule has 0 aromatic heterocycles. The van der Waals surface area contributed by atoms with Gasteiger partial charge in [-0.1, -0.05) is 30.8 Å². The number of nitrogens with one attached hydrogen (secondary N) is 3. The summed E-state index contributed by atoms with van der Waals surface area (Å²) in [5.74, 6) is -12.1. The zero-order valence-electron chi connectivity index (χ0n) is 22.2. The second-order valence-electron chi connectivity index (χ2n) is 9.42. The van der Waals surface area contributed by atoms with Crippen LogP contribution < -0.4 is 16.0 Å². The Kier molecular flexibility index (Phi) is 10.3. The number of nitrogens with zero attached hydrogens (tertiary/aromatic N) is 3. The lowest BCUT2D eigenvalue weighted by Crippen LogP contribution is -2.59. The van der Waals surface area contributed by atoms with Crippen molar-refractivity contribution in [2.45, 2.75) is 24.3 Å². The fourth-order valence-electron chi connectivity index (χ4n) is 4.13. The monoisotopic (exact) mass is 624 g/mol. The molecule has 232 valence electrons. The fraction of sp³-hybridized carbons (Fsp3) is 0.500. The van der Waals surface area contributed by atoms with Crippen molar-refractivity contribution in [3.05, 3.63) is 47.8 Å². The van der Waals surface area contributed by atoms with Gasteiger partial charge in [-0.15, -0.1) is 0 Å². The number of amides is 4. The van der Waals surface area contributed by atoms with Crippen LogP contribution in [0.4, 0.5) is 22.0 Å². The van der Waals surface area contributed by atoms with E-state index in [1.54, 1.807) is 24.3 Å². The normalized spacial score (nSPS) is 17.0. The Bertz CT molecular complexity index is 1330. The number of piperazine rings is 2. The third-order valence-electron chi connectivity index (χ3n) is 6.59. The van der Waals surface area contributed by atoms with Crippen LogP contribution in [-0.2, 0) is 42.3 Å². The Morgan fingerprint density at radius 3 is 1.74 bits per heavy atom. The summed E-state index contributed by atoms with van der Waals surface area (Å²) in [7, 11) is -6.04. The zero-order valence-corrected chi connectivity index (χ0v) is 23.0. The predicted molar refractivity (Wildman–Crippen MR) is 137 cm³/mol. The molecular weight excluding hydrogens is 595 g/mol. The van der Waals surface area contributed by atoms with Crippen molar-refractivity contribution >= 4 is 33.7 Å². The molecule has 1 aromatic rings. The molecule has 0 spiro atoms. The molecule has 18 heteroatoms. The van der Waals surface area contributed by atoms with Gasteiger partial charge < -0.3 is 25.8 Å². The molecule has 3 rings (SSSR count). The van der Waals surface area contributed by atoms with Gasteiger partial charge in [0.2, 0.25) is 0 Å². The summed E-state index contributed by atoms with van der Waals surface area (Å²) in [5.41, 5.74) is 1.13. The highest BCUT2D eigenvalue weighted by atomic mass is 32.2. The molecule has 42 heavy (non-hydrogen) atoms. The molecule has 2 aliphatic rings. The summed E-state index contributed by atoms with van der Waals surface area (Å²) in [6, 6.07) is 6.53. The molecule has 0 unspecified atom stereocenters. The molecule has 2 aliphatic heterocycles. The average molecular weight is 625 g/mol. The molecule has 1 aromatic carbocycles. The number of allylic oxidation sites excluding steroid dienone is 1. The predicted octanol–water partition coefficient (Wildman–Crippen LogP) is -0.464. The van der Waals surface area contributed by atoms with Gasteiger partial charge in [-0.25, -0.2) is 12.8 Å². The van der Waals surface area contributed by atoms with Crippen LogP contribution in [0.3, 0.4) is 0 Å². The summed E-state index contributed by atoms with van der Waals surface area (Å²) in [4.78, 5) is 51.6. The molecular formula is C24H29F5N6O6S. The van der Waals surface area contributed by atoms with Gasteiger partial charge in [-0.05, 0) is 11.1 Å². The quantitative estimate of drug-likeness (QED) is 0.262. The number of alkyl halides is 4. The van der Waals surface area contributed by atoms with E-state index in [4.69, 9.17) is 0 Å². The Hall–Kier alpha value is -3.64. The summed E-state index contributed by atoms with van der Waals surface area (Å²) < 4.78 is 92.2. The number of rotatable bonds is 8. The van der Waals surface area contributed by atoms with Crippen molar-refractivity contribution in [2.24, 2.45) is 0 Å². The molecule has 12 nitrogen and oxygen atoms in total. The molecule has 0 atom stereocenters. The van der Waals surface area contributed by atoms with Crippen LogP contribution in [0.1, 0.15) is 11.1 Å². The second-order valence-corrected chi connectivity index (χ2v) is 11.4. The number of carbonyl (C=O) groups is 4. The first-order valence-corrected chi connectivity index (χ1v) is 14.1. The van der Waals surface area contributed by atoms with E-state index < -0.39 is 76.8 Å². The van der Waals surface area contributed by atoms with Gasteiger partial charge in [-0.2, -0.15) is 21.9 Å². The third kappa shape index (κ3) is 7.04. The van der Waals surface area contributed by atoms with Crippen LogP contribution in [0, 0.1) is 0 Å². The number of hydrogen-bond acceptors (Lipinski definition) is 7. The Balaban J connectivity index is 1.49. The smallest absolute Gasteiger partial charge is 0.344 e. The number of hydrogen-bond donors (Lipinski definition) is 3. The Morgan fingerprint density at radius 2 is 1.29 bits per heavy atom. The highest BCUT2D eigenvalue weighted by Gasteiger charge is 2.69. The summed E-state index contributed by atoms with van der Waals surface area (Å²) >= 11 is 0. The lowest BCUT2D eigenvalue weighted by atomic mass is 10.1. The average Bonchev–Trinajstić information content (AvgIpc) is 2.98. The van der Waals surface area contributed by atoms with E-state index in [-0.39, 0.29) is 17.4 Å². The number of benzene rings is 1. The van der Waals surface area contributed by atoms with Crippen LogP contribution in [0.2, 0.25) is 0 Å². The molecule has 0 saturated carbocycles. The minimum absolute atomic E-state index is 0.00682. The van der Waals surface area contributed by atoms with Crippen molar-refractivity contribution in [3.63, 3.8) is 0 Å². The van der Waals surface area contributed by atoms with E-state index in [2.05, 4.69) is 22.5 Å². The van der Waals surface area contributed by atoms with Crippen LogP contribution in [0.15, 0.2) is 36.7 Å². The summed E-state index contributed by atoms with van der Waals surface area (Å²) in [6.45, 7) is 1.19. The molecule has 2 saturated heterocycles. The third-order valence-corrected chi connectivity index (χ3v) is 8.54. The Morgan fingerprint density at radius 1 is 0.833 bits per heavy atom. The van der Waals surface area contributed by atoms with Crippen LogP contribution >= 0.6 is 0 Å². The SMILES string of the molecule is C=C(F)C(F)(F)C(F)(F)S(=O)(=O)N1CCN(C(=O)C(=O)NCc2cccc(CNC(=O)C(=O)N3CCNCC3)c2)CC1. The second kappa shape index (κ2) is 13.1. The largest absolute Gasteiger partial charge is 0.427 e. The number of carbonyl (C=O) groups excluding carboxylic acids is 4. The van der Waals surface area contributed by atoms with Gasteiger partial charge in [0.1, 0.15) is 0 Å². The van der Waals surface area contributed by atoms with Gasteiger partial charge in [0.05, 0.1) is 0 Å². The van der Waals surface area contributed by atoms with Crippen molar-refractivity contribution in [1.82, 2.24) is 30.1 Å². The minimum atomic E-state index is -6.04. The van der Waals surface area contributed by atoms with Gasteiger partial charge in [0, 0.05) is 65.4 Å². The van der Waals surface area contributed by atoms with E-state index in [0.29, 0.717) is 37.3 Å². The lowest BCUT2D eigenvalue weighted by Gasteiger charge is -2.36. The maximum atomic E-state index is 14.0. The van der Waals surface area contributed by atoms with Gasteiger partial charge in [-0.3, -0.25) is 19.2 Å². The molecule has 2 heterocycles. The highest BCUT2D eigenvalue weighted by Crippen LogP contribution is 2.45. The molecule has 2 fully saturated rings. The van der Waals surface area contributed by atoms with Gasteiger partial charge >= 0.3 is 34.8 Å². The highest BCUT2D eigenvalue weighted by molar-refractivity contribution is 7.90. The first kappa shape index (κ1) is 32.9.